The molecule has 1 aromatic carbocycles. The molecule has 0 radical (unpaired) electrons. The fourth-order valence-electron chi connectivity index (χ4n) is 1.93. The first-order valence-electron chi connectivity index (χ1n) is 5.77. The molecular formula is C13H21NO2S. The van der Waals surface area contributed by atoms with Crippen LogP contribution in [0, 0.1) is 13.8 Å². The van der Waals surface area contributed by atoms with E-state index in [0.717, 1.165) is 16.7 Å². The molecule has 96 valence electrons. The van der Waals surface area contributed by atoms with Crippen molar-refractivity contribution in [2.75, 3.05) is 12.8 Å². The monoisotopic (exact) mass is 255 g/mol. The summed E-state index contributed by atoms with van der Waals surface area (Å²) >= 11 is 0. The predicted molar refractivity (Wildman–Crippen MR) is 71.9 cm³/mol. The van der Waals surface area contributed by atoms with E-state index < -0.39 is 9.84 Å². The molecule has 0 aromatic heterocycles. The molecule has 0 saturated carbocycles. The third kappa shape index (κ3) is 4.88. The second kappa shape index (κ2) is 5.65. The van der Waals surface area contributed by atoms with Gasteiger partial charge in [0.1, 0.15) is 0 Å². The van der Waals surface area contributed by atoms with E-state index in [1.165, 1.54) is 0 Å². The van der Waals surface area contributed by atoms with Crippen molar-refractivity contribution in [3.8, 4) is 0 Å². The smallest absolute Gasteiger partial charge is 0.155 e. The highest BCUT2D eigenvalue weighted by atomic mass is 32.2. The first kappa shape index (κ1) is 14.2. The Kier molecular flexibility index (Phi) is 4.71. The molecule has 1 aromatic rings. The second-order valence-corrected chi connectivity index (χ2v) is 6.85. The van der Waals surface area contributed by atoms with Crippen molar-refractivity contribution >= 4 is 9.84 Å². The minimum Gasteiger partial charge on any atom is -0.316 e. The Bertz CT molecular complexity index is 460. The summed E-state index contributed by atoms with van der Waals surface area (Å²) in [6.07, 6.45) is 0. The zero-order valence-electron chi connectivity index (χ0n) is 10.9. The molecule has 0 aliphatic heterocycles. The molecule has 0 bridgehead atoms. The van der Waals surface area contributed by atoms with Crippen molar-refractivity contribution < 1.29 is 8.42 Å². The molecule has 0 aliphatic rings. The summed E-state index contributed by atoms with van der Waals surface area (Å²) in [6.45, 7) is 5.84. The minimum absolute atomic E-state index is 0.00842. The van der Waals surface area contributed by atoms with E-state index in [1.54, 1.807) is 7.05 Å². The lowest BCUT2D eigenvalue weighted by Gasteiger charge is -2.11. The van der Waals surface area contributed by atoms with Gasteiger partial charge in [0.15, 0.2) is 9.84 Å². The molecule has 1 N–H and O–H groups in total. The zero-order valence-corrected chi connectivity index (χ0v) is 11.8. The van der Waals surface area contributed by atoms with E-state index in [4.69, 9.17) is 0 Å². The number of benzene rings is 1. The van der Waals surface area contributed by atoms with E-state index in [-0.39, 0.29) is 17.5 Å². The Morgan fingerprint density at radius 2 is 1.71 bits per heavy atom. The number of sulfone groups is 1. The first-order chi connectivity index (χ1) is 7.82. The number of hydrogen-bond donors (Lipinski definition) is 1. The van der Waals surface area contributed by atoms with E-state index in [0.29, 0.717) is 0 Å². The van der Waals surface area contributed by atoms with Gasteiger partial charge in [0.2, 0.25) is 0 Å². The fourth-order valence-corrected chi connectivity index (χ4v) is 3.65. The van der Waals surface area contributed by atoms with Crippen molar-refractivity contribution in [1.82, 2.24) is 5.32 Å². The number of aryl methyl sites for hydroxylation is 2. The molecule has 0 saturated heterocycles. The van der Waals surface area contributed by atoms with Crippen LogP contribution in [0.2, 0.25) is 0 Å². The van der Waals surface area contributed by atoms with Crippen LogP contribution >= 0.6 is 0 Å². The summed E-state index contributed by atoms with van der Waals surface area (Å²) in [5, 5.41) is 2.95. The van der Waals surface area contributed by atoms with Crippen LogP contribution < -0.4 is 5.32 Å². The number of nitrogens with one attached hydrogen (secondary N) is 1. The highest BCUT2D eigenvalue weighted by Gasteiger charge is 2.15. The van der Waals surface area contributed by atoms with Crippen LogP contribution in [0.15, 0.2) is 18.2 Å². The van der Waals surface area contributed by atoms with Gasteiger partial charge in [-0.3, -0.25) is 0 Å². The Balaban J connectivity index is 2.83. The molecule has 0 spiro atoms. The molecule has 4 heteroatoms. The van der Waals surface area contributed by atoms with Gasteiger partial charge in [-0.15, -0.1) is 0 Å². The highest BCUT2D eigenvalue weighted by Crippen LogP contribution is 2.13. The third-order valence-electron chi connectivity index (χ3n) is 2.66. The van der Waals surface area contributed by atoms with Crippen molar-refractivity contribution in [1.29, 1.82) is 0 Å². The molecule has 1 rings (SSSR count). The van der Waals surface area contributed by atoms with Gasteiger partial charge < -0.3 is 5.32 Å². The van der Waals surface area contributed by atoms with Crippen molar-refractivity contribution in [2.45, 2.75) is 32.6 Å². The summed E-state index contributed by atoms with van der Waals surface area (Å²) in [4.78, 5) is 0. The van der Waals surface area contributed by atoms with Crippen LogP contribution in [0.5, 0.6) is 0 Å². The summed E-state index contributed by atoms with van der Waals surface area (Å²) < 4.78 is 23.9. The van der Waals surface area contributed by atoms with E-state index in [9.17, 15) is 8.42 Å². The zero-order chi connectivity index (χ0) is 13.1. The van der Waals surface area contributed by atoms with E-state index >= 15 is 0 Å². The molecule has 0 amide bonds. The molecular weight excluding hydrogens is 234 g/mol. The van der Waals surface area contributed by atoms with Crippen LogP contribution in [0.4, 0.5) is 0 Å². The van der Waals surface area contributed by atoms with Crippen LogP contribution in [0.3, 0.4) is 0 Å². The molecule has 0 aliphatic carbocycles. The molecule has 0 fully saturated rings. The maximum atomic E-state index is 12.0. The van der Waals surface area contributed by atoms with Gasteiger partial charge in [-0.1, -0.05) is 29.3 Å². The lowest BCUT2D eigenvalue weighted by Crippen LogP contribution is -2.30. The number of rotatable bonds is 5. The Hall–Kier alpha value is -0.870. The number of hydrogen-bond acceptors (Lipinski definition) is 3. The van der Waals surface area contributed by atoms with Crippen LogP contribution in [-0.2, 0) is 15.6 Å². The lowest BCUT2D eigenvalue weighted by molar-refractivity contribution is 0.577. The topological polar surface area (TPSA) is 46.2 Å². The van der Waals surface area contributed by atoms with Crippen LogP contribution in [0.25, 0.3) is 0 Å². The van der Waals surface area contributed by atoms with E-state index in [2.05, 4.69) is 5.32 Å². The average molecular weight is 255 g/mol. The predicted octanol–water partition coefficient (Wildman–Crippen LogP) is 1.83. The van der Waals surface area contributed by atoms with Gasteiger partial charge in [0, 0.05) is 6.04 Å². The van der Waals surface area contributed by atoms with Crippen molar-refractivity contribution in [3.63, 3.8) is 0 Å². The Labute approximate surface area is 104 Å². The normalized spacial score (nSPS) is 13.6. The van der Waals surface area contributed by atoms with Crippen molar-refractivity contribution in [2.24, 2.45) is 0 Å². The third-order valence-corrected chi connectivity index (χ3v) is 4.45. The summed E-state index contributed by atoms with van der Waals surface area (Å²) in [7, 11) is -1.27. The highest BCUT2D eigenvalue weighted by molar-refractivity contribution is 7.90. The SMILES string of the molecule is CNC(C)CS(=O)(=O)Cc1cc(C)cc(C)c1. The summed E-state index contributed by atoms with van der Waals surface area (Å²) in [5.41, 5.74) is 3.10. The molecule has 17 heavy (non-hydrogen) atoms. The Morgan fingerprint density at radius 3 is 2.18 bits per heavy atom. The van der Waals surface area contributed by atoms with E-state index in [1.807, 2.05) is 39.0 Å². The molecule has 3 nitrogen and oxygen atoms in total. The summed E-state index contributed by atoms with van der Waals surface area (Å²) in [6, 6.07) is 5.92. The van der Waals surface area contributed by atoms with Crippen molar-refractivity contribution in [3.05, 3.63) is 34.9 Å². The van der Waals surface area contributed by atoms with Gasteiger partial charge in [0.05, 0.1) is 11.5 Å². The lowest BCUT2D eigenvalue weighted by atomic mass is 10.1. The minimum atomic E-state index is -3.04. The maximum Gasteiger partial charge on any atom is 0.155 e. The average Bonchev–Trinajstić information content (AvgIpc) is 2.13. The summed E-state index contributed by atoms with van der Waals surface area (Å²) in [5.74, 6) is 0.304. The molecule has 1 atom stereocenters. The van der Waals surface area contributed by atoms with Gasteiger partial charge in [-0.05, 0) is 33.4 Å². The largest absolute Gasteiger partial charge is 0.316 e. The Morgan fingerprint density at radius 1 is 1.18 bits per heavy atom. The van der Waals surface area contributed by atoms with Crippen LogP contribution in [0.1, 0.15) is 23.6 Å². The molecule has 0 heterocycles. The fraction of sp³-hybridized carbons (Fsp3) is 0.538. The standard InChI is InChI=1S/C13H21NO2S/c1-10-5-11(2)7-13(6-10)9-17(15,16)8-12(3)14-4/h5-7,12,14H,8-9H2,1-4H3. The second-order valence-electron chi connectivity index (χ2n) is 4.74. The van der Waals surface area contributed by atoms with Gasteiger partial charge in [-0.25, -0.2) is 8.42 Å². The maximum absolute atomic E-state index is 12.0. The van der Waals surface area contributed by atoms with Gasteiger partial charge >= 0.3 is 0 Å². The van der Waals surface area contributed by atoms with Gasteiger partial charge in [0.25, 0.3) is 0 Å². The quantitative estimate of drug-likeness (QED) is 0.873. The van der Waals surface area contributed by atoms with Crippen LogP contribution in [-0.4, -0.2) is 27.3 Å². The van der Waals surface area contributed by atoms with Gasteiger partial charge in [-0.2, -0.15) is 0 Å². The molecule has 1 unspecified atom stereocenters. The first-order valence-corrected chi connectivity index (χ1v) is 7.59.